The number of hydrogen-bond acceptors (Lipinski definition) is 7. The lowest BCUT2D eigenvalue weighted by Gasteiger charge is -2.14. The summed E-state index contributed by atoms with van der Waals surface area (Å²) < 4.78 is 16.2. The minimum absolute atomic E-state index is 0.0334. The van der Waals surface area contributed by atoms with Crippen molar-refractivity contribution >= 4 is 74.1 Å². The number of hydrogen-bond donors (Lipinski definition) is 0. The van der Waals surface area contributed by atoms with E-state index in [-0.39, 0.29) is 24.7 Å². The highest BCUT2D eigenvalue weighted by Gasteiger charge is 2.35. The number of amides is 2. The fourth-order valence-electron chi connectivity index (χ4n) is 2.90. The average Bonchev–Trinajstić information content (AvgIpc) is 3.01. The number of carbonyl (C=O) groups is 3. The highest BCUT2D eigenvalue weighted by molar-refractivity contribution is 9.10. The summed E-state index contributed by atoms with van der Waals surface area (Å²) in [7, 11) is 1.45. The van der Waals surface area contributed by atoms with Crippen LogP contribution < -0.4 is 9.47 Å². The third-order valence-corrected chi connectivity index (χ3v) is 6.49. The van der Waals surface area contributed by atoms with Gasteiger partial charge in [-0.1, -0.05) is 29.3 Å². The molecule has 0 aliphatic carbocycles. The van der Waals surface area contributed by atoms with Crippen LogP contribution in [0.4, 0.5) is 4.79 Å². The fraction of sp³-hybridized carbons (Fsp3) is 0.227. The van der Waals surface area contributed by atoms with Crippen LogP contribution in [0.1, 0.15) is 18.1 Å². The summed E-state index contributed by atoms with van der Waals surface area (Å²) in [5.41, 5.74) is 1.20. The molecule has 2 aromatic rings. The van der Waals surface area contributed by atoms with Crippen molar-refractivity contribution in [3.8, 4) is 11.5 Å². The van der Waals surface area contributed by atoms with Gasteiger partial charge in [0.25, 0.3) is 11.1 Å². The van der Waals surface area contributed by atoms with Gasteiger partial charge in [0.05, 0.1) is 29.6 Å². The smallest absolute Gasteiger partial charge is 0.344 e. The van der Waals surface area contributed by atoms with Gasteiger partial charge in [-0.25, -0.2) is 4.79 Å². The van der Waals surface area contributed by atoms with Crippen LogP contribution in [0.25, 0.3) is 6.08 Å². The van der Waals surface area contributed by atoms with Crippen molar-refractivity contribution in [2.45, 2.75) is 13.5 Å². The summed E-state index contributed by atoms with van der Waals surface area (Å²) in [5, 5.41) is 0.433. The molecule has 0 spiro atoms. The first-order valence-electron chi connectivity index (χ1n) is 9.58. The molecule has 0 bridgehead atoms. The summed E-state index contributed by atoms with van der Waals surface area (Å²) in [6.07, 6.45) is 1.58. The third-order valence-electron chi connectivity index (χ3n) is 4.41. The number of esters is 1. The normalized spacial score (nSPS) is 14.7. The van der Waals surface area contributed by atoms with Gasteiger partial charge in [-0.2, -0.15) is 0 Å². The Morgan fingerprint density at radius 3 is 2.64 bits per heavy atom. The topological polar surface area (TPSA) is 82.1 Å². The first-order chi connectivity index (χ1) is 15.7. The number of benzene rings is 2. The molecule has 1 aliphatic heterocycles. The van der Waals surface area contributed by atoms with E-state index in [0.29, 0.717) is 37.1 Å². The number of ether oxygens (including phenoxy) is 3. The van der Waals surface area contributed by atoms with Gasteiger partial charge in [0, 0.05) is 10.0 Å². The minimum Gasteiger partial charge on any atom is -0.493 e. The second kappa shape index (κ2) is 11.3. The number of carbonyl (C=O) groups excluding carboxylic acids is 3. The monoisotopic (exact) mass is 573 g/mol. The number of nitrogens with zero attached hydrogens (tertiary/aromatic N) is 1. The molecule has 3 rings (SSSR count). The zero-order valence-corrected chi connectivity index (χ0v) is 21.4. The lowest BCUT2D eigenvalue weighted by molar-refractivity contribution is -0.145. The molecular formula is C22H18BrCl2NO6S. The van der Waals surface area contributed by atoms with Crippen LogP contribution in [-0.2, 0) is 20.9 Å². The number of thioether (sulfide) groups is 1. The van der Waals surface area contributed by atoms with E-state index in [1.54, 1.807) is 43.3 Å². The quantitative estimate of drug-likeness (QED) is 0.285. The molecule has 0 unspecified atom stereocenters. The zero-order chi connectivity index (χ0) is 24.1. The maximum Gasteiger partial charge on any atom is 0.344 e. The second-order valence-electron chi connectivity index (χ2n) is 6.63. The molecule has 0 aromatic heterocycles. The number of imide groups is 1. The van der Waals surface area contributed by atoms with Crippen LogP contribution >= 0.6 is 50.9 Å². The summed E-state index contributed by atoms with van der Waals surface area (Å²) in [6.45, 7) is 1.70. The fourth-order valence-corrected chi connectivity index (χ4v) is 4.79. The Morgan fingerprint density at radius 2 is 1.97 bits per heavy atom. The Morgan fingerprint density at radius 1 is 1.21 bits per heavy atom. The Labute approximate surface area is 213 Å². The Balaban J connectivity index is 1.81. The van der Waals surface area contributed by atoms with Crippen LogP contribution in [0.5, 0.6) is 11.5 Å². The number of halogens is 3. The van der Waals surface area contributed by atoms with Gasteiger partial charge in [-0.3, -0.25) is 14.5 Å². The van der Waals surface area contributed by atoms with Crippen molar-refractivity contribution in [1.29, 1.82) is 0 Å². The molecule has 2 aromatic carbocycles. The molecule has 0 N–H and O–H groups in total. The molecule has 174 valence electrons. The van der Waals surface area contributed by atoms with Gasteiger partial charge >= 0.3 is 5.97 Å². The van der Waals surface area contributed by atoms with Crippen molar-refractivity contribution in [2.75, 3.05) is 20.3 Å². The van der Waals surface area contributed by atoms with E-state index >= 15 is 0 Å². The van der Waals surface area contributed by atoms with Crippen molar-refractivity contribution in [3.05, 3.63) is 60.9 Å². The SMILES string of the molecule is CCOC(=O)COc1c(Br)cc(/C=C2\SC(=O)N(Cc3ccc(Cl)cc3Cl)C2=O)cc1OC. The molecule has 1 saturated heterocycles. The standard InChI is InChI=1S/C22H18BrCl2NO6S/c1-3-31-19(27)11-32-20-15(23)6-12(7-17(20)30-2)8-18-21(28)26(22(29)33-18)10-13-4-5-14(24)9-16(13)25/h4-9H,3,10-11H2,1-2H3/b18-8-. The summed E-state index contributed by atoms with van der Waals surface area (Å²) in [4.78, 5) is 38.3. The predicted octanol–water partition coefficient (Wildman–Crippen LogP) is 5.94. The van der Waals surface area contributed by atoms with E-state index in [1.807, 2.05) is 0 Å². The third kappa shape index (κ3) is 6.23. The molecule has 1 aliphatic rings. The summed E-state index contributed by atoms with van der Waals surface area (Å²) in [5.74, 6) is -0.293. The maximum atomic E-state index is 12.9. The van der Waals surface area contributed by atoms with E-state index in [9.17, 15) is 14.4 Å². The molecule has 0 saturated carbocycles. The number of methoxy groups -OCH3 is 1. The zero-order valence-electron chi connectivity index (χ0n) is 17.5. The molecule has 2 amide bonds. The van der Waals surface area contributed by atoms with Crippen LogP contribution in [0.3, 0.4) is 0 Å². The highest BCUT2D eigenvalue weighted by atomic mass is 79.9. The van der Waals surface area contributed by atoms with Gasteiger partial charge in [-0.15, -0.1) is 0 Å². The summed E-state index contributed by atoms with van der Waals surface area (Å²) in [6, 6.07) is 8.20. The van der Waals surface area contributed by atoms with Gasteiger partial charge in [-0.05, 0) is 76.1 Å². The molecule has 0 radical (unpaired) electrons. The predicted molar refractivity (Wildman–Crippen MR) is 131 cm³/mol. The lowest BCUT2D eigenvalue weighted by Crippen LogP contribution is -2.27. The van der Waals surface area contributed by atoms with E-state index in [4.69, 9.17) is 37.4 Å². The molecule has 0 atom stereocenters. The van der Waals surface area contributed by atoms with Gasteiger partial charge in [0.15, 0.2) is 18.1 Å². The molecule has 7 nitrogen and oxygen atoms in total. The Hall–Kier alpha value is -2.20. The second-order valence-corrected chi connectivity index (χ2v) is 9.32. The van der Waals surface area contributed by atoms with Crippen molar-refractivity contribution in [1.82, 2.24) is 4.90 Å². The van der Waals surface area contributed by atoms with E-state index < -0.39 is 17.1 Å². The first-order valence-corrected chi connectivity index (χ1v) is 11.9. The largest absolute Gasteiger partial charge is 0.493 e. The van der Waals surface area contributed by atoms with E-state index in [2.05, 4.69) is 15.9 Å². The van der Waals surface area contributed by atoms with Crippen molar-refractivity contribution in [2.24, 2.45) is 0 Å². The van der Waals surface area contributed by atoms with Gasteiger partial charge in [0.2, 0.25) is 0 Å². The van der Waals surface area contributed by atoms with Crippen molar-refractivity contribution < 1.29 is 28.6 Å². The van der Waals surface area contributed by atoms with Crippen molar-refractivity contribution in [3.63, 3.8) is 0 Å². The van der Waals surface area contributed by atoms with Crippen LogP contribution in [0.2, 0.25) is 10.0 Å². The lowest BCUT2D eigenvalue weighted by atomic mass is 10.1. The van der Waals surface area contributed by atoms with E-state index in [1.165, 1.54) is 7.11 Å². The minimum atomic E-state index is -0.509. The van der Waals surface area contributed by atoms with Gasteiger partial charge < -0.3 is 14.2 Å². The highest BCUT2D eigenvalue weighted by Crippen LogP contribution is 2.39. The summed E-state index contributed by atoms with van der Waals surface area (Å²) >= 11 is 16.3. The van der Waals surface area contributed by atoms with Gasteiger partial charge in [0.1, 0.15) is 0 Å². The number of rotatable bonds is 8. The molecule has 1 heterocycles. The first kappa shape index (κ1) is 25.4. The average molecular weight is 575 g/mol. The molecule has 1 fully saturated rings. The van der Waals surface area contributed by atoms with Crippen LogP contribution in [0.15, 0.2) is 39.7 Å². The molecular weight excluding hydrogens is 557 g/mol. The molecule has 11 heteroatoms. The van der Waals surface area contributed by atoms with Crippen LogP contribution in [-0.4, -0.2) is 42.3 Å². The molecule has 33 heavy (non-hydrogen) atoms. The Bertz CT molecular complexity index is 1140. The maximum absolute atomic E-state index is 12.9. The van der Waals surface area contributed by atoms with Crippen LogP contribution in [0, 0.1) is 0 Å². The van der Waals surface area contributed by atoms with E-state index in [0.717, 1.165) is 16.7 Å². The Kier molecular flexibility index (Phi) is 8.69.